The van der Waals surface area contributed by atoms with Crippen molar-refractivity contribution >= 4 is 11.8 Å². The number of rotatable bonds is 7. The normalized spacial score (nSPS) is 17.7. The van der Waals surface area contributed by atoms with Gasteiger partial charge in [-0.05, 0) is 61.4 Å². The number of hydrogen-bond acceptors (Lipinski definition) is 3. The molecule has 2 N–H and O–H groups in total. The second kappa shape index (κ2) is 8.99. The number of thioether (sulfide) groups is 1. The zero-order valence-electron chi connectivity index (χ0n) is 14.1. The van der Waals surface area contributed by atoms with E-state index in [1.807, 2.05) is 13.0 Å². The van der Waals surface area contributed by atoms with Crippen LogP contribution in [0.5, 0.6) is 5.75 Å². The highest BCUT2D eigenvalue weighted by atomic mass is 32.2. The van der Waals surface area contributed by atoms with Gasteiger partial charge in [0.15, 0.2) is 0 Å². The van der Waals surface area contributed by atoms with Gasteiger partial charge in [-0.1, -0.05) is 26.2 Å². The van der Waals surface area contributed by atoms with Crippen LogP contribution in [0.3, 0.4) is 0 Å². The van der Waals surface area contributed by atoms with Crippen LogP contribution in [0, 0.1) is 5.92 Å². The summed E-state index contributed by atoms with van der Waals surface area (Å²) in [6, 6.07) is 4.97. The van der Waals surface area contributed by atoms with Crippen LogP contribution in [0.1, 0.15) is 56.9 Å². The average Bonchev–Trinajstić information content (AvgIpc) is 2.52. The van der Waals surface area contributed by atoms with E-state index >= 15 is 0 Å². The van der Waals surface area contributed by atoms with Crippen molar-refractivity contribution in [3.8, 4) is 5.75 Å². The number of ether oxygens (including phenoxy) is 1. The fraction of sp³-hybridized carbons (Fsp3) is 0.667. The van der Waals surface area contributed by atoms with Crippen LogP contribution in [-0.2, 0) is 0 Å². The molecule has 0 aliphatic heterocycles. The molecule has 0 saturated heterocycles. The zero-order valence-corrected chi connectivity index (χ0v) is 14.9. The summed E-state index contributed by atoms with van der Waals surface area (Å²) >= 11 is 1.64. The van der Waals surface area contributed by atoms with Gasteiger partial charge in [-0.25, -0.2) is 0 Å². The molecular weight excluding hydrogens is 335 g/mol. The monoisotopic (exact) mass is 361 g/mol. The number of halogens is 3. The Balaban J connectivity index is 2.11. The van der Waals surface area contributed by atoms with Gasteiger partial charge in [-0.3, -0.25) is 0 Å². The Morgan fingerprint density at radius 2 is 1.92 bits per heavy atom. The summed E-state index contributed by atoms with van der Waals surface area (Å²) in [7, 11) is 0. The van der Waals surface area contributed by atoms with Gasteiger partial charge in [0.2, 0.25) is 0 Å². The molecule has 1 atom stereocenters. The lowest BCUT2D eigenvalue weighted by Crippen LogP contribution is -2.17. The minimum atomic E-state index is -4.67. The predicted molar refractivity (Wildman–Crippen MR) is 92.5 cm³/mol. The largest absolute Gasteiger partial charge is 0.573 e. The zero-order chi connectivity index (χ0) is 17.6. The molecule has 6 heteroatoms. The highest BCUT2D eigenvalue weighted by Gasteiger charge is 2.31. The Hall–Kier alpha value is -0.880. The van der Waals surface area contributed by atoms with Crippen molar-refractivity contribution in [1.82, 2.24) is 0 Å². The molecule has 0 aromatic heterocycles. The maximum Gasteiger partial charge on any atom is 0.573 e. The minimum absolute atomic E-state index is 0.112. The lowest BCUT2D eigenvalue weighted by Gasteiger charge is -2.21. The molecule has 136 valence electrons. The van der Waals surface area contributed by atoms with Gasteiger partial charge < -0.3 is 10.5 Å². The molecule has 0 amide bonds. The lowest BCUT2D eigenvalue weighted by molar-refractivity contribution is -0.274. The highest BCUT2D eigenvalue weighted by molar-refractivity contribution is 7.99. The molecule has 1 aliphatic rings. The molecule has 1 aromatic rings. The van der Waals surface area contributed by atoms with Crippen molar-refractivity contribution in [3.05, 3.63) is 23.8 Å². The average molecular weight is 361 g/mol. The molecule has 0 radical (unpaired) electrons. The van der Waals surface area contributed by atoms with Crippen molar-refractivity contribution < 1.29 is 17.9 Å². The summed E-state index contributed by atoms with van der Waals surface area (Å²) in [5.41, 5.74) is 6.44. The van der Waals surface area contributed by atoms with Crippen LogP contribution in [-0.4, -0.2) is 18.7 Å². The third-order valence-corrected chi connectivity index (χ3v) is 5.72. The van der Waals surface area contributed by atoms with Gasteiger partial charge in [0.05, 0.1) is 0 Å². The Morgan fingerprint density at radius 3 is 2.54 bits per heavy atom. The van der Waals surface area contributed by atoms with Crippen molar-refractivity contribution in [2.45, 2.75) is 62.6 Å². The third-order valence-electron chi connectivity index (χ3n) is 4.52. The van der Waals surface area contributed by atoms with E-state index in [1.54, 1.807) is 11.8 Å². The van der Waals surface area contributed by atoms with E-state index in [1.165, 1.54) is 44.2 Å². The molecule has 1 fully saturated rings. The maximum absolute atomic E-state index is 12.6. The molecular formula is C18H26F3NOS. The Kier molecular flexibility index (Phi) is 7.29. The molecule has 0 heterocycles. The number of benzene rings is 1. The summed E-state index contributed by atoms with van der Waals surface area (Å²) in [4.78, 5) is 0.848. The first-order valence-corrected chi connectivity index (χ1v) is 9.59. The van der Waals surface area contributed by atoms with E-state index in [0.717, 1.165) is 22.6 Å². The first kappa shape index (κ1) is 19.4. The van der Waals surface area contributed by atoms with Gasteiger partial charge in [0.1, 0.15) is 5.75 Å². The summed E-state index contributed by atoms with van der Waals surface area (Å²) in [6.07, 6.45) is 2.35. The number of hydrogen-bond donors (Lipinski definition) is 1. The summed E-state index contributed by atoms with van der Waals surface area (Å²) in [6.45, 7) is 2.49. The van der Waals surface area contributed by atoms with Crippen LogP contribution < -0.4 is 10.5 Å². The van der Waals surface area contributed by atoms with Crippen LogP contribution >= 0.6 is 11.8 Å². The first-order chi connectivity index (χ1) is 11.4. The molecule has 2 nitrogen and oxygen atoms in total. The highest BCUT2D eigenvalue weighted by Crippen LogP contribution is 2.35. The second-order valence-electron chi connectivity index (χ2n) is 6.58. The molecule has 1 unspecified atom stereocenters. The Morgan fingerprint density at radius 1 is 1.21 bits per heavy atom. The molecule has 0 spiro atoms. The fourth-order valence-electron chi connectivity index (χ4n) is 3.14. The smallest absolute Gasteiger partial charge is 0.406 e. The lowest BCUT2D eigenvalue weighted by atomic mass is 9.91. The van der Waals surface area contributed by atoms with Crippen LogP contribution in [0.25, 0.3) is 0 Å². The Bertz CT molecular complexity index is 515. The van der Waals surface area contributed by atoms with E-state index < -0.39 is 6.36 Å². The van der Waals surface area contributed by atoms with E-state index in [2.05, 4.69) is 4.74 Å². The van der Waals surface area contributed by atoms with E-state index in [9.17, 15) is 13.2 Å². The first-order valence-electron chi connectivity index (χ1n) is 8.61. The SMILES string of the molecule is CC(CCN)c1cc(OC(F)(F)F)cc(SCC2CCCCC2)c1. The van der Waals surface area contributed by atoms with Crippen molar-refractivity contribution in [1.29, 1.82) is 0 Å². The van der Waals surface area contributed by atoms with E-state index in [0.29, 0.717) is 12.5 Å². The molecule has 2 rings (SSSR count). The Labute approximate surface area is 146 Å². The van der Waals surface area contributed by atoms with Crippen molar-refractivity contribution in [2.75, 3.05) is 12.3 Å². The van der Waals surface area contributed by atoms with Crippen LogP contribution in [0.15, 0.2) is 23.1 Å². The van der Waals surface area contributed by atoms with Crippen LogP contribution in [0.2, 0.25) is 0 Å². The number of alkyl halides is 3. The number of nitrogens with two attached hydrogens (primary N) is 1. The fourth-order valence-corrected chi connectivity index (χ4v) is 4.32. The van der Waals surface area contributed by atoms with Gasteiger partial charge >= 0.3 is 6.36 Å². The predicted octanol–water partition coefficient (Wildman–Crippen LogP) is 5.71. The van der Waals surface area contributed by atoms with Gasteiger partial charge in [-0.15, -0.1) is 24.9 Å². The van der Waals surface area contributed by atoms with Gasteiger partial charge in [-0.2, -0.15) is 0 Å². The van der Waals surface area contributed by atoms with Gasteiger partial charge in [0.25, 0.3) is 0 Å². The molecule has 1 aliphatic carbocycles. The summed E-state index contributed by atoms with van der Waals surface area (Å²) in [5, 5.41) is 0. The van der Waals surface area contributed by atoms with Crippen molar-refractivity contribution in [2.24, 2.45) is 11.7 Å². The molecule has 24 heavy (non-hydrogen) atoms. The topological polar surface area (TPSA) is 35.2 Å². The van der Waals surface area contributed by atoms with E-state index in [4.69, 9.17) is 5.73 Å². The van der Waals surface area contributed by atoms with Gasteiger partial charge in [0, 0.05) is 10.6 Å². The minimum Gasteiger partial charge on any atom is -0.406 e. The van der Waals surface area contributed by atoms with Crippen LogP contribution in [0.4, 0.5) is 13.2 Å². The standard InChI is InChI=1S/C18H26F3NOS/c1-13(7-8-22)15-9-16(23-18(19,20)21)11-17(10-15)24-12-14-5-3-2-4-6-14/h9-11,13-14H,2-8,12,22H2,1H3. The molecule has 1 aromatic carbocycles. The maximum atomic E-state index is 12.6. The quantitative estimate of drug-likeness (QED) is 0.632. The second-order valence-corrected chi connectivity index (χ2v) is 7.67. The summed E-state index contributed by atoms with van der Waals surface area (Å²) < 4.78 is 41.9. The third kappa shape index (κ3) is 6.55. The molecule has 0 bridgehead atoms. The van der Waals surface area contributed by atoms with E-state index in [-0.39, 0.29) is 11.7 Å². The summed E-state index contributed by atoms with van der Waals surface area (Å²) in [5.74, 6) is 1.61. The molecule has 1 saturated carbocycles. The van der Waals surface area contributed by atoms with Crippen molar-refractivity contribution in [3.63, 3.8) is 0 Å².